The van der Waals surface area contributed by atoms with Crippen molar-refractivity contribution in [2.75, 3.05) is 0 Å². The van der Waals surface area contributed by atoms with Crippen LogP contribution in [0.4, 0.5) is 0 Å². The van der Waals surface area contributed by atoms with Crippen LogP contribution in [0.25, 0.3) is 0 Å². The molecule has 0 amide bonds. The third-order valence-corrected chi connectivity index (χ3v) is 5.49. The van der Waals surface area contributed by atoms with E-state index in [2.05, 4.69) is 91.0 Å². The van der Waals surface area contributed by atoms with Crippen LogP contribution in [-0.2, 0) is 20.4 Å². The van der Waals surface area contributed by atoms with Crippen LogP contribution in [0.3, 0.4) is 0 Å². The molecular weight excluding hydrogens is 424 g/mol. The maximum Gasteiger partial charge on any atom is 0 e. The third kappa shape index (κ3) is 5.20. The predicted molar refractivity (Wildman–Crippen MR) is 85.1 cm³/mol. The van der Waals surface area contributed by atoms with Crippen LogP contribution >= 0.6 is 7.92 Å². The van der Waals surface area contributed by atoms with Crippen molar-refractivity contribution in [2.45, 2.75) is 0 Å². The first-order valence-corrected chi connectivity index (χ1v) is 7.74. The van der Waals surface area contributed by atoms with Crippen LogP contribution in [0, 0.1) is 0 Å². The van der Waals surface area contributed by atoms with Crippen LogP contribution in [0.5, 0.6) is 0 Å². The Bertz CT molecular complexity index is 539. The minimum atomic E-state index is -0.446. The number of hydrogen-bond donors (Lipinski definition) is 0. The Hall–Kier alpha value is -0.668. The van der Waals surface area contributed by atoms with Gasteiger partial charge < -0.3 is 24.8 Å². The van der Waals surface area contributed by atoms with Crippen molar-refractivity contribution in [3.8, 4) is 0 Å². The smallest absolute Gasteiger partial charge is 0 e. The number of hydrogen-bond acceptors (Lipinski definition) is 0. The molecule has 4 heteroatoms. The Kier molecular flexibility index (Phi) is 10.6. The van der Waals surface area contributed by atoms with E-state index in [9.17, 15) is 0 Å². The van der Waals surface area contributed by atoms with Gasteiger partial charge in [0.1, 0.15) is 0 Å². The quantitative estimate of drug-likeness (QED) is 0.312. The Morgan fingerprint density at radius 2 is 0.636 bits per heavy atom. The van der Waals surface area contributed by atoms with Crippen molar-refractivity contribution in [3.63, 3.8) is 0 Å². The van der Waals surface area contributed by atoms with Gasteiger partial charge in [0.25, 0.3) is 0 Å². The van der Waals surface area contributed by atoms with Gasteiger partial charge in [0.15, 0.2) is 0 Å². The molecule has 0 aliphatic carbocycles. The van der Waals surface area contributed by atoms with E-state index in [4.69, 9.17) is 0 Å². The van der Waals surface area contributed by atoms with E-state index < -0.39 is 7.92 Å². The zero-order chi connectivity index (χ0) is 12.9. The average Bonchev–Trinajstić information content (AvgIpc) is 2.51. The monoisotopic (exact) mass is 438 g/mol. The van der Waals surface area contributed by atoms with E-state index >= 15 is 0 Å². The van der Waals surface area contributed by atoms with Gasteiger partial charge in [-0.2, -0.15) is 0 Å². The van der Waals surface area contributed by atoms with E-state index in [0.29, 0.717) is 0 Å². The molecule has 0 fully saturated rings. The van der Waals surface area contributed by atoms with Crippen molar-refractivity contribution in [1.29, 1.82) is 0 Å². The van der Waals surface area contributed by atoms with Crippen LogP contribution < -0.4 is 40.7 Å². The molecule has 3 aromatic rings. The molecule has 0 nitrogen and oxygen atoms in total. The van der Waals surface area contributed by atoms with Gasteiger partial charge in [-0.05, 0) is 23.8 Å². The van der Waals surface area contributed by atoms with Crippen molar-refractivity contribution in [3.05, 3.63) is 91.0 Å². The van der Waals surface area contributed by atoms with Gasteiger partial charge in [-0.15, -0.1) is 0 Å². The summed E-state index contributed by atoms with van der Waals surface area (Å²) < 4.78 is 0. The summed E-state index contributed by atoms with van der Waals surface area (Å²) in [7, 11) is -0.446. The molecule has 0 unspecified atom stereocenters. The number of rotatable bonds is 3. The summed E-state index contributed by atoms with van der Waals surface area (Å²) in [5.41, 5.74) is 0. The van der Waals surface area contributed by atoms with Crippen molar-refractivity contribution in [1.82, 2.24) is 0 Å². The van der Waals surface area contributed by atoms with Gasteiger partial charge in [-0.1, -0.05) is 91.0 Å². The van der Waals surface area contributed by atoms with E-state index in [1.807, 2.05) is 0 Å². The summed E-state index contributed by atoms with van der Waals surface area (Å²) in [5, 5.41) is 4.19. The molecule has 118 valence electrons. The summed E-state index contributed by atoms with van der Waals surface area (Å²) in [4.78, 5) is 0. The number of halogens is 2. The minimum Gasteiger partial charge on any atom is -1.00 e. The summed E-state index contributed by atoms with van der Waals surface area (Å²) >= 11 is 0. The molecule has 0 saturated carbocycles. The second kappa shape index (κ2) is 11.0. The predicted octanol–water partition coefficient (Wildman–Crippen LogP) is -2.55. The molecule has 0 aliphatic rings. The van der Waals surface area contributed by atoms with Gasteiger partial charge in [-0.3, -0.25) is 0 Å². The molecule has 0 heterocycles. The molecule has 22 heavy (non-hydrogen) atoms. The molecule has 0 aromatic heterocycles. The summed E-state index contributed by atoms with van der Waals surface area (Å²) in [6.45, 7) is 0. The van der Waals surface area contributed by atoms with Gasteiger partial charge >= 0.3 is 0 Å². The zero-order valence-corrected chi connectivity index (χ0v) is 15.6. The van der Waals surface area contributed by atoms with E-state index in [0.717, 1.165) is 0 Å². The molecule has 3 aromatic carbocycles. The first-order valence-electron chi connectivity index (χ1n) is 6.40. The first-order chi connectivity index (χ1) is 9.45. The van der Waals surface area contributed by atoms with Crippen LogP contribution in [0.1, 0.15) is 0 Å². The fraction of sp³-hybridized carbons (Fsp3) is 0. The first kappa shape index (κ1) is 21.3. The van der Waals surface area contributed by atoms with E-state index in [1.54, 1.807) is 0 Å². The van der Waals surface area contributed by atoms with Gasteiger partial charge in [0.05, 0.1) is 0 Å². The van der Waals surface area contributed by atoms with E-state index in [1.165, 1.54) is 15.9 Å². The van der Waals surface area contributed by atoms with Gasteiger partial charge in [0.2, 0.25) is 0 Å². The van der Waals surface area contributed by atoms with Gasteiger partial charge in [0, 0.05) is 20.4 Å². The Morgan fingerprint density at radius 1 is 0.409 bits per heavy atom. The van der Waals surface area contributed by atoms with Gasteiger partial charge in [-0.25, -0.2) is 0 Å². The molecule has 0 atom stereocenters. The summed E-state index contributed by atoms with van der Waals surface area (Å²) in [6, 6.07) is 32.3. The molecule has 0 radical (unpaired) electrons. The maximum atomic E-state index is 2.23. The molecule has 0 N–H and O–H groups in total. The van der Waals surface area contributed by atoms with Crippen LogP contribution in [0.2, 0.25) is 0 Å². The summed E-state index contributed by atoms with van der Waals surface area (Å²) in [6.07, 6.45) is 0. The molecule has 0 aliphatic heterocycles. The largest absolute Gasteiger partial charge is 1.00 e. The maximum absolute atomic E-state index is 2.23. The minimum absolute atomic E-state index is 0. The molecule has 3 rings (SSSR count). The molecular formula is C18H15Cl2PPd-2. The van der Waals surface area contributed by atoms with Crippen molar-refractivity contribution in [2.24, 2.45) is 0 Å². The molecule has 0 spiro atoms. The Labute approximate surface area is 159 Å². The fourth-order valence-corrected chi connectivity index (χ4v) is 4.48. The van der Waals surface area contributed by atoms with E-state index in [-0.39, 0.29) is 45.2 Å². The van der Waals surface area contributed by atoms with Crippen LogP contribution in [-0.4, -0.2) is 0 Å². The second-order valence-corrected chi connectivity index (χ2v) is 6.56. The fourth-order valence-electron chi connectivity index (χ4n) is 2.18. The second-order valence-electron chi connectivity index (χ2n) is 4.34. The third-order valence-electron chi connectivity index (χ3n) is 3.04. The Morgan fingerprint density at radius 3 is 0.864 bits per heavy atom. The SMILES string of the molecule is [Cl-].[Cl-].[Pd].c1ccc(P(c2ccccc2)c2ccccc2)cc1. The average molecular weight is 440 g/mol. The normalized spacial score (nSPS) is 9.14. The number of benzene rings is 3. The Balaban J connectivity index is 0.00000147. The van der Waals surface area contributed by atoms with Crippen molar-refractivity contribution >= 4 is 23.8 Å². The molecule has 0 bridgehead atoms. The summed E-state index contributed by atoms with van der Waals surface area (Å²) in [5.74, 6) is 0. The topological polar surface area (TPSA) is 0 Å². The standard InChI is InChI=1S/C18H15P.2ClH.Pd/c1-4-10-16(11-5-1)19(17-12-6-2-7-13-17)18-14-8-3-9-15-18;;;/h1-15H;2*1H;/p-2. The molecule has 0 saturated heterocycles. The zero-order valence-electron chi connectivity index (χ0n) is 11.7. The van der Waals surface area contributed by atoms with Crippen molar-refractivity contribution < 1.29 is 45.2 Å². The van der Waals surface area contributed by atoms with Crippen LogP contribution in [0.15, 0.2) is 91.0 Å².